The fraction of sp³-hybridized carbons (Fsp3) is 0.467. The smallest absolute Gasteiger partial charge is 0.326 e. The number of carboxylic acids is 1. The van der Waals surface area contributed by atoms with Crippen LogP contribution < -0.4 is 31.7 Å². The van der Waals surface area contributed by atoms with Crippen molar-refractivity contribution >= 4 is 53.1 Å². The molecule has 1 unspecified atom stereocenters. The number of carbonyl (C=O) groups is 8. The lowest BCUT2D eigenvalue weighted by Gasteiger charge is -2.24. The SMILES string of the molecule is COc1ccc(C(=O)N(C)[C@@H](C)C(=O)O)c(NC(=O)C(CCCNC(N)=O)NC(=O)CNC(=O)CCCCCN2C(=O)C=CC2=O)c1. The molecule has 256 valence electrons. The second-order valence-corrected chi connectivity index (χ2v) is 10.6. The summed E-state index contributed by atoms with van der Waals surface area (Å²) >= 11 is 0. The lowest BCUT2D eigenvalue weighted by molar-refractivity contribution is -0.141. The molecule has 1 aromatic carbocycles. The first-order valence-electron chi connectivity index (χ1n) is 14.9. The van der Waals surface area contributed by atoms with E-state index in [1.807, 2.05) is 0 Å². The van der Waals surface area contributed by atoms with Gasteiger partial charge in [0.25, 0.3) is 17.7 Å². The molecule has 47 heavy (non-hydrogen) atoms. The maximum Gasteiger partial charge on any atom is 0.326 e. The van der Waals surface area contributed by atoms with E-state index in [-0.39, 0.29) is 61.2 Å². The number of aliphatic carboxylic acids is 1. The summed E-state index contributed by atoms with van der Waals surface area (Å²) in [5, 5.41) is 19.3. The van der Waals surface area contributed by atoms with Gasteiger partial charge in [0.2, 0.25) is 17.7 Å². The molecule has 1 aliphatic rings. The second kappa shape index (κ2) is 18.5. The van der Waals surface area contributed by atoms with Crippen LogP contribution in [-0.2, 0) is 28.8 Å². The zero-order valence-corrected chi connectivity index (χ0v) is 26.5. The Kier molecular flexibility index (Phi) is 14.8. The van der Waals surface area contributed by atoms with Gasteiger partial charge in [-0.15, -0.1) is 0 Å². The first kappa shape index (κ1) is 37.7. The first-order chi connectivity index (χ1) is 22.2. The second-order valence-electron chi connectivity index (χ2n) is 10.6. The van der Waals surface area contributed by atoms with Crippen molar-refractivity contribution in [1.82, 2.24) is 25.8 Å². The zero-order valence-electron chi connectivity index (χ0n) is 26.5. The molecule has 0 aromatic heterocycles. The van der Waals surface area contributed by atoms with Gasteiger partial charge in [-0.3, -0.25) is 33.7 Å². The van der Waals surface area contributed by atoms with Crippen molar-refractivity contribution in [3.8, 4) is 5.75 Å². The number of methoxy groups -OCH3 is 1. The van der Waals surface area contributed by atoms with E-state index in [9.17, 15) is 43.5 Å². The van der Waals surface area contributed by atoms with E-state index in [1.165, 1.54) is 51.4 Å². The predicted octanol–water partition coefficient (Wildman–Crippen LogP) is -0.286. The summed E-state index contributed by atoms with van der Waals surface area (Å²) in [6.45, 7) is 1.23. The van der Waals surface area contributed by atoms with Crippen LogP contribution in [0.15, 0.2) is 30.4 Å². The van der Waals surface area contributed by atoms with Gasteiger partial charge in [0.05, 0.1) is 24.9 Å². The number of ether oxygens (including phenoxy) is 1. The highest BCUT2D eigenvalue weighted by Crippen LogP contribution is 2.25. The summed E-state index contributed by atoms with van der Waals surface area (Å²) in [7, 11) is 2.68. The molecule has 17 nitrogen and oxygen atoms in total. The molecule has 17 heteroatoms. The molecule has 0 bridgehead atoms. The molecule has 0 fully saturated rings. The molecule has 0 spiro atoms. The number of nitrogens with two attached hydrogens (primary N) is 1. The van der Waals surface area contributed by atoms with Crippen LogP contribution in [0.5, 0.6) is 5.75 Å². The number of carboxylic acid groups (broad SMARTS) is 1. The van der Waals surface area contributed by atoms with Crippen molar-refractivity contribution in [3.63, 3.8) is 0 Å². The van der Waals surface area contributed by atoms with Crippen LogP contribution in [0.3, 0.4) is 0 Å². The molecule has 0 saturated carbocycles. The van der Waals surface area contributed by atoms with E-state index in [0.717, 1.165) is 9.80 Å². The van der Waals surface area contributed by atoms with Crippen LogP contribution in [0.2, 0.25) is 0 Å². The molecule has 8 amide bonds. The van der Waals surface area contributed by atoms with Crippen molar-refractivity contribution in [1.29, 1.82) is 0 Å². The Bertz CT molecular complexity index is 1380. The van der Waals surface area contributed by atoms with Gasteiger partial charge in [-0.25, -0.2) is 9.59 Å². The van der Waals surface area contributed by atoms with Gasteiger partial charge >= 0.3 is 12.0 Å². The highest BCUT2D eigenvalue weighted by molar-refractivity contribution is 6.12. The number of nitrogens with one attached hydrogen (secondary N) is 4. The average Bonchev–Trinajstić information content (AvgIpc) is 3.35. The number of anilines is 1. The Balaban J connectivity index is 2.01. The van der Waals surface area contributed by atoms with Crippen molar-refractivity contribution in [3.05, 3.63) is 35.9 Å². The number of amides is 8. The Morgan fingerprint density at radius 2 is 1.66 bits per heavy atom. The average molecular weight is 660 g/mol. The van der Waals surface area contributed by atoms with E-state index < -0.39 is 54.3 Å². The largest absolute Gasteiger partial charge is 0.497 e. The highest BCUT2D eigenvalue weighted by Gasteiger charge is 2.27. The Morgan fingerprint density at radius 3 is 2.28 bits per heavy atom. The van der Waals surface area contributed by atoms with Crippen LogP contribution in [0.1, 0.15) is 55.8 Å². The molecule has 1 aromatic rings. The first-order valence-corrected chi connectivity index (χ1v) is 14.9. The molecule has 2 rings (SSSR count). The Hall–Kier alpha value is -5.48. The van der Waals surface area contributed by atoms with Gasteiger partial charge < -0.3 is 41.7 Å². The number of rotatable bonds is 19. The fourth-order valence-corrected chi connectivity index (χ4v) is 4.37. The molecule has 7 N–H and O–H groups in total. The summed E-state index contributed by atoms with van der Waals surface area (Å²) in [6, 6.07) is 1.08. The van der Waals surface area contributed by atoms with Crippen molar-refractivity contribution in [2.45, 2.75) is 57.5 Å². The summed E-state index contributed by atoms with van der Waals surface area (Å²) in [5.41, 5.74) is 5.06. The number of benzene rings is 1. The summed E-state index contributed by atoms with van der Waals surface area (Å²) in [4.78, 5) is 99.3. The monoisotopic (exact) mass is 659 g/mol. The molecule has 1 heterocycles. The summed E-state index contributed by atoms with van der Waals surface area (Å²) in [6.07, 6.45) is 4.30. The number of nitrogens with zero attached hydrogens (tertiary/aromatic N) is 2. The van der Waals surface area contributed by atoms with E-state index in [1.54, 1.807) is 0 Å². The van der Waals surface area contributed by atoms with Crippen LogP contribution in [0.4, 0.5) is 10.5 Å². The fourth-order valence-electron chi connectivity index (χ4n) is 4.37. The summed E-state index contributed by atoms with van der Waals surface area (Å²) in [5.74, 6) is -4.21. The number of hydrogen-bond donors (Lipinski definition) is 6. The minimum atomic E-state index is -1.23. The quantitative estimate of drug-likeness (QED) is 0.0837. The number of urea groups is 1. The van der Waals surface area contributed by atoms with Crippen molar-refractivity contribution in [2.24, 2.45) is 5.73 Å². The lowest BCUT2D eigenvalue weighted by Crippen LogP contribution is -2.48. The molecular formula is C30H41N7O10. The number of hydrogen-bond acceptors (Lipinski definition) is 9. The van der Waals surface area contributed by atoms with Crippen LogP contribution >= 0.6 is 0 Å². The number of likely N-dealkylation sites (N-methyl/N-ethyl adjacent to an activating group) is 1. The third-order valence-electron chi connectivity index (χ3n) is 7.23. The summed E-state index contributed by atoms with van der Waals surface area (Å²) < 4.78 is 5.21. The van der Waals surface area contributed by atoms with E-state index >= 15 is 0 Å². The number of unbranched alkanes of at least 4 members (excludes halogenated alkanes) is 2. The number of imide groups is 1. The highest BCUT2D eigenvalue weighted by atomic mass is 16.5. The minimum absolute atomic E-state index is 0.00123. The third-order valence-corrected chi connectivity index (χ3v) is 7.23. The Morgan fingerprint density at radius 1 is 0.979 bits per heavy atom. The van der Waals surface area contributed by atoms with E-state index in [4.69, 9.17) is 10.5 Å². The molecule has 0 radical (unpaired) electrons. The molecule has 1 aliphatic heterocycles. The van der Waals surface area contributed by atoms with Gasteiger partial charge in [-0.2, -0.15) is 0 Å². The standard InChI is InChI=1S/C30H41N7O10/c1-18(29(44)45)36(2)28(43)20-11-10-19(47-3)16-22(20)35-27(42)21(8-7-14-32-30(31)46)34-24(39)17-33-23(38)9-5-4-6-15-37-25(40)12-13-26(37)41/h10-13,16,18,21H,4-9,14-15,17H2,1-3H3,(H,33,38)(H,34,39)(H,35,42)(H,44,45)(H3,31,32,46)/t18-,21?/m0/s1. The van der Waals surface area contributed by atoms with Crippen molar-refractivity contribution < 1.29 is 48.2 Å². The van der Waals surface area contributed by atoms with Crippen LogP contribution in [0, 0.1) is 0 Å². The van der Waals surface area contributed by atoms with Gasteiger partial charge in [0, 0.05) is 44.8 Å². The molecule has 0 saturated heterocycles. The third kappa shape index (κ3) is 12.1. The maximum atomic E-state index is 13.4. The lowest BCUT2D eigenvalue weighted by atomic mass is 10.1. The van der Waals surface area contributed by atoms with Crippen LogP contribution in [-0.4, -0.2) is 108 Å². The Labute approximate surface area is 271 Å². The van der Waals surface area contributed by atoms with Gasteiger partial charge in [-0.1, -0.05) is 6.42 Å². The van der Waals surface area contributed by atoms with Gasteiger partial charge in [0.1, 0.15) is 17.8 Å². The zero-order chi connectivity index (χ0) is 35.1. The predicted molar refractivity (Wildman–Crippen MR) is 167 cm³/mol. The molecule has 2 atom stereocenters. The number of primary amides is 1. The van der Waals surface area contributed by atoms with Crippen LogP contribution in [0.25, 0.3) is 0 Å². The van der Waals surface area contributed by atoms with E-state index in [0.29, 0.717) is 19.3 Å². The minimum Gasteiger partial charge on any atom is -0.497 e. The normalized spacial score (nSPS) is 13.4. The molecule has 0 aliphatic carbocycles. The van der Waals surface area contributed by atoms with Gasteiger partial charge in [-0.05, 0) is 44.7 Å². The number of carbonyl (C=O) groups excluding carboxylic acids is 7. The van der Waals surface area contributed by atoms with Crippen molar-refractivity contribution in [2.75, 3.05) is 39.1 Å². The maximum absolute atomic E-state index is 13.4. The van der Waals surface area contributed by atoms with E-state index in [2.05, 4.69) is 21.3 Å². The molecular weight excluding hydrogens is 618 g/mol. The topological polar surface area (TPSA) is 247 Å². The van der Waals surface area contributed by atoms with Gasteiger partial charge in [0.15, 0.2) is 0 Å².